The number of hydrogen-bond donors (Lipinski definition) is 1. The number of rotatable bonds is 5. The summed E-state index contributed by atoms with van der Waals surface area (Å²) in [5.74, 6) is 0.109. The van der Waals surface area contributed by atoms with Crippen LogP contribution in [0.2, 0.25) is 10.0 Å². The summed E-state index contributed by atoms with van der Waals surface area (Å²) in [5.41, 5.74) is 0.702. The van der Waals surface area contributed by atoms with Crippen molar-refractivity contribution in [2.75, 3.05) is 5.32 Å². The third kappa shape index (κ3) is 4.82. The fraction of sp³-hybridized carbons (Fsp3) is 0. The fourth-order valence-electron chi connectivity index (χ4n) is 2.39. The van der Waals surface area contributed by atoms with Gasteiger partial charge in [0.2, 0.25) is 0 Å². The van der Waals surface area contributed by atoms with Crippen molar-refractivity contribution in [1.29, 1.82) is 5.26 Å². The van der Waals surface area contributed by atoms with Gasteiger partial charge in [0.05, 0.1) is 15.0 Å². The Balaban J connectivity index is 1.78. The summed E-state index contributed by atoms with van der Waals surface area (Å²) in [4.78, 5) is 22.4. The average molecular weight is 428 g/mol. The van der Waals surface area contributed by atoms with E-state index in [9.17, 15) is 20.2 Å². The monoisotopic (exact) mass is 427 g/mol. The van der Waals surface area contributed by atoms with Crippen molar-refractivity contribution in [2.45, 2.75) is 0 Å². The van der Waals surface area contributed by atoms with E-state index >= 15 is 0 Å². The highest BCUT2D eigenvalue weighted by molar-refractivity contribution is 6.42. The van der Waals surface area contributed by atoms with E-state index in [0.29, 0.717) is 32.8 Å². The van der Waals surface area contributed by atoms with Gasteiger partial charge in [-0.25, -0.2) is 0 Å². The van der Waals surface area contributed by atoms with Gasteiger partial charge in [-0.1, -0.05) is 23.2 Å². The second kappa shape index (κ2) is 8.61. The van der Waals surface area contributed by atoms with Crippen molar-refractivity contribution in [2.24, 2.45) is 0 Å². The first-order valence-corrected chi connectivity index (χ1v) is 8.86. The molecule has 9 heteroatoms. The largest absolute Gasteiger partial charge is 0.457 e. The van der Waals surface area contributed by atoms with E-state index in [2.05, 4.69) is 5.32 Å². The number of halogens is 2. The minimum atomic E-state index is -0.672. The molecular formula is C20H11Cl2N3O4. The number of nitriles is 1. The molecule has 1 amide bonds. The lowest BCUT2D eigenvalue weighted by Gasteiger charge is -2.03. The highest BCUT2D eigenvalue weighted by Crippen LogP contribution is 2.30. The Kier molecular flexibility index (Phi) is 5.98. The fourth-order valence-corrected chi connectivity index (χ4v) is 2.69. The average Bonchev–Trinajstić information content (AvgIpc) is 3.17. The lowest BCUT2D eigenvalue weighted by atomic mass is 10.2. The van der Waals surface area contributed by atoms with Crippen LogP contribution >= 0.6 is 23.2 Å². The summed E-state index contributed by atoms with van der Waals surface area (Å²) in [6.07, 6.45) is 1.29. The van der Waals surface area contributed by atoms with Crippen LogP contribution in [0.3, 0.4) is 0 Å². The van der Waals surface area contributed by atoms with Gasteiger partial charge < -0.3 is 9.73 Å². The van der Waals surface area contributed by atoms with Gasteiger partial charge in [0, 0.05) is 29.5 Å². The van der Waals surface area contributed by atoms with Crippen molar-refractivity contribution < 1.29 is 14.1 Å². The molecule has 0 spiro atoms. The van der Waals surface area contributed by atoms with Crippen molar-refractivity contribution in [1.82, 2.24) is 0 Å². The smallest absolute Gasteiger partial charge is 0.269 e. The molecule has 0 fully saturated rings. The van der Waals surface area contributed by atoms with Gasteiger partial charge in [-0.15, -0.1) is 0 Å². The van der Waals surface area contributed by atoms with Crippen molar-refractivity contribution in [3.05, 3.63) is 86.1 Å². The molecule has 7 nitrogen and oxygen atoms in total. The zero-order chi connectivity index (χ0) is 21.0. The highest BCUT2D eigenvalue weighted by Gasteiger charge is 2.13. The highest BCUT2D eigenvalue weighted by atomic mass is 35.5. The topological polar surface area (TPSA) is 109 Å². The number of carbonyl (C=O) groups excluding carboxylic acids is 1. The molecule has 0 bridgehead atoms. The van der Waals surface area contributed by atoms with Crippen LogP contribution in [0.25, 0.3) is 17.4 Å². The molecule has 1 heterocycles. The normalized spacial score (nSPS) is 11.0. The molecule has 0 aliphatic rings. The van der Waals surface area contributed by atoms with Crippen LogP contribution in [-0.4, -0.2) is 10.8 Å². The lowest BCUT2D eigenvalue weighted by Crippen LogP contribution is -2.13. The molecule has 0 saturated heterocycles. The summed E-state index contributed by atoms with van der Waals surface area (Å²) < 4.78 is 5.66. The van der Waals surface area contributed by atoms with Crippen molar-refractivity contribution in [3.8, 4) is 17.4 Å². The SMILES string of the molecule is N#C/C(=C/c1ccc(-c2ccc(Cl)c(Cl)c2)o1)C(=O)Nc1ccc([N+](=O)[O-])cc1. The molecule has 3 aromatic rings. The molecule has 144 valence electrons. The summed E-state index contributed by atoms with van der Waals surface area (Å²) in [7, 11) is 0. The standard InChI is InChI=1S/C20H11Cl2N3O4/c21-17-7-1-12(10-18(17)22)19-8-6-16(29-19)9-13(11-23)20(26)24-14-2-4-15(5-3-14)25(27)28/h1-10H,(H,24,26)/b13-9-. The second-order valence-corrected chi connectivity index (χ2v) is 6.57. The van der Waals surface area contributed by atoms with Gasteiger partial charge in [-0.05, 0) is 42.5 Å². The van der Waals surface area contributed by atoms with Gasteiger partial charge >= 0.3 is 0 Å². The minimum Gasteiger partial charge on any atom is -0.457 e. The lowest BCUT2D eigenvalue weighted by molar-refractivity contribution is -0.384. The number of hydrogen-bond acceptors (Lipinski definition) is 5. The molecule has 0 atom stereocenters. The number of carbonyl (C=O) groups is 1. The molecule has 0 unspecified atom stereocenters. The number of furan rings is 1. The van der Waals surface area contributed by atoms with Crippen LogP contribution < -0.4 is 5.32 Å². The van der Waals surface area contributed by atoms with E-state index in [1.165, 1.54) is 30.3 Å². The first-order chi connectivity index (χ1) is 13.9. The summed E-state index contributed by atoms with van der Waals surface area (Å²) in [6.45, 7) is 0. The first kappa shape index (κ1) is 20.1. The van der Waals surface area contributed by atoms with E-state index in [1.807, 2.05) is 6.07 Å². The molecule has 1 aromatic heterocycles. The van der Waals surface area contributed by atoms with E-state index in [-0.39, 0.29) is 11.3 Å². The summed E-state index contributed by atoms with van der Waals surface area (Å²) in [5, 5.41) is 23.3. The summed E-state index contributed by atoms with van der Waals surface area (Å²) >= 11 is 11.9. The maximum absolute atomic E-state index is 12.3. The second-order valence-electron chi connectivity index (χ2n) is 5.76. The number of nitrogens with one attached hydrogen (secondary N) is 1. The molecule has 0 saturated carbocycles. The Labute approximate surface area is 174 Å². The van der Waals surface area contributed by atoms with E-state index < -0.39 is 10.8 Å². The Bertz CT molecular complexity index is 1160. The van der Waals surface area contributed by atoms with Crippen LogP contribution in [0.1, 0.15) is 5.76 Å². The van der Waals surface area contributed by atoms with E-state index in [0.717, 1.165) is 0 Å². The van der Waals surface area contributed by atoms with Crippen LogP contribution in [0, 0.1) is 21.4 Å². The number of benzene rings is 2. The number of nitro benzene ring substituents is 1. The Morgan fingerprint density at radius 2 is 1.83 bits per heavy atom. The zero-order valence-electron chi connectivity index (χ0n) is 14.6. The summed E-state index contributed by atoms with van der Waals surface area (Å²) in [6, 6.07) is 15.3. The Morgan fingerprint density at radius 1 is 1.10 bits per heavy atom. The van der Waals surface area contributed by atoms with E-state index in [4.69, 9.17) is 27.6 Å². The quantitative estimate of drug-likeness (QED) is 0.242. The first-order valence-electron chi connectivity index (χ1n) is 8.10. The van der Waals surface area contributed by atoms with Gasteiger partial charge in [0.25, 0.3) is 11.6 Å². The minimum absolute atomic E-state index is 0.107. The number of nitrogens with zero attached hydrogens (tertiary/aromatic N) is 2. The van der Waals surface area contributed by atoms with Crippen LogP contribution in [0.15, 0.2) is 64.6 Å². The zero-order valence-corrected chi connectivity index (χ0v) is 16.1. The van der Waals surface area contributed by atoms with Crippen LogP contribution in [-0.2, 0) is 4.79 Å². The van der Waals surface area contributed by atoms with Crippen LogP contribution in [0.5, 0.6) is 0 Å². The molecule has 1 N–H and O–H groups in total. The number of amides is 1. The Hall–Kier alpha value is -3.60. The third-order valence-electron chi connectivity index (χ3n) is 3.82. The molecule has 29 heavy (non-hydrogen) atoms. The van der Waals surface area contributed by atoms with Crippen molar-refractivity contribution >= 4 is 46.6 Å². The predicted molar refractivity (Wildman–Crippen MR) is 109 cm³/mol. The maximum atomic E-state index is 12.3. The molecule has 0 aliphatic carbocycles. The van der Waals surface area contributed by atoms with E-state index in [1.54, 1.807) is 30.3 Å². The van der Waals surface area contributed by atoms with Gasteiger partial charge in [0.1, 0.15) is 23.2 Å². The molecular weight excluding hydrogens is 417 g/mol. The molecule has 3 rings (SSSR count). The van der Waals surface area contributed by atoms with Crippen molar-refractivity contribution in [3.63, 3.8) is 0 Å². The number of nitro groups is 1. The third-order valence-corrected chi connectivity index (χ3v) is 4.56. The molecule has 0 radical (unpaired) electrons. The number of non-ortho nitro benzene ring substituents is 1. The van der Waals surface area contributed by atoms with Crippen LogP contribution in [0.4, 0.5) is 11.4 Å². The maximum Gasteiger partial charge on any atom is 0.269 e. The van der Waals surface area contributed by atoms with Gasteiger partial charge in [0.15, 0.2) is 0 Å². The molecule has 2 aromatic carbocycles. The van der Waals surface area contributed by atoms with Gasteiger partial charge in [-0.2, -0.15) is 5.26 Å². The van der Waals surface area contributed by atoms with Gasteiger partial charge in [-0.3, -0.25) is 14.9 Å². The number of anilines is 1. The molecule has 0 aliphatic heterocycles. The Morgan fingerprint density at radius 3 is 2.45 bits per heavy atom. The predicted octanol–water partition coefficient (Wildman–Crippen LogP) is 5.71.